The summed E-state index contributed by atoms with van der Waals surface area (Å²) in [6.45, 7) is 2.67. The lowest BCUT2D eigenvalue weighted by Gasteiger charge is -2.11. The van der Waals surface area contributed by atoms with Crippen LogP contribution in [0.3, 0.4) is 0 Å². The summed E-state index contributed by atoms with van der Waals surface area (Å²) in [6.07, 6.45) is 8.50. The maximum Gasteiger partial charge on any atom is 0.508 e. The van der Waals surface area contributed by atoms with Gasteiger partial charge in [0.05, 0.1) is 6.61 Å². The Morgan fingerprint density at radius 1 is 1.20 bits per heavy atom. The van der Waals surface area contributed by atoms with Crippen molar-refractivity contribution >= 4 is 6.16 Å². The quantitative estimate of drug-likeness (QED) is 0.500. The van der Waals surface area contributed by atoms with Gasteiger partial charge >= 0.3 is 6.16 Å². The lowest BCUT2D eigenvalue weighted by atomic mass is 10.2. The molecule has 0 radical (unpaired) electrons. The van der Waals surface area contributed by atoms with Crippen molar-refractivity contribution in [2.24, 2.45) is 0 Å². The summed E-state index contributed by atoms with van der Waals surface area (Å²) in [6, 6.07) is 0. The van der Waals surface area contributed by atoms with E-state index in [9.17, 15) is 4.79 Å². The minimum atomic E-state index is -0.474. The van der Waals surface area contributed by atoms with Gasteiger partial charge in [0.15, 0.2) is 0 Å². The number of carbonyl (C=O) groups is 1. The molecule has 3 heteroatoms. The van der Waals surface area contributed by atoms with Gasteiger partial charge in [-0.05, 0) is 32.1 Å². The molecule has 1 fully saturated rings. The second-order valence-electron chi connectivity index (χ2n) is 4.18. The van der Waals surface area contributed by atoms with Crippen LogP contribution in [0.5, 0.6) is 0 Å². The van der Waals surface area contributed by atoms with Gasteiger partial charge in [-0.2, -0.15) is 0 Å². The van der Waals surface area contributed by atoms with Crippen LogP contribution in [0, 0.1) is 0 Å². The van der Waals surface area contributed by atoms with Crippen molar-refractivity contribution in [3.05, 3.63) is 0 Å². The summed E-state index contributed by atoms with van der Waals surface area (Å²) < 4.78 is 10.1. The highest BCUT2D eigenvalue weighted by Crippen LogP contribution is 2.21. The minimum Gasteiger partial charge on any atom is -0.434 e. The lowest BCUT2D eigenvalue weighted by molar-refractivity contribution is 0.0249. The Bertz CT molecular complexity index is 174. The van der Waals surface area contributed by atoms with Gasteiger partial charge in [-0.1, -0.05) is 26.2 Å². The zero-order valence-corrected chi connectivity index (χ0v) is 9.67. The van der Waals surface area contributed by atoms with Crippen LogP contribution in [0.1, 0.15) is 58.3 Å². The molecule has 15 heavy (non-hydrogen) atoms. The van der Waals surface area contributed by atoms with Crippen LogP contribution in [0.25, 0.3) is 0 Å². The Hall–Kier alpha value is -0.730. The summed E-state index contributed by atoms with van der Waals surface area (Å²) in [5, 5.41) is 0. The Morgan fingerprint density at radius 2 is 1.93 bits per heavy atom. The van der Waals surface area contributed by atoms with E-state index < -0.39 is 6.16 Å². The fourth-order valence-corrected chi connectivity index (χ4v) is 1.86. The highest BCUT2D eigenvalue weighted by Gasteiger charge is 2.19. The third-order valence-corrected chi connectivity index (χ3v) is 2.78. The van der Waals surface area contributed by atoms with E-state index in [0.717, 1.165) is 25.7 Å². The standard InChI is InChI=1S/C12H22O3/c1-2-3-4-7-10-14-12(13)15-11-8-5-6-9-11/h11H,2-10H2,1H3. The molecule has 0 saturated heterocycles. The number of carbonyl (C=O) groups excluding carboxylic acids is 1. The molecule has 0 aromatic rings. The molecule has 0 aliphatic heterocycles. The van der Waals surface area contributed by atoms with E-state index in [2.05, 4.69) is 6.92 Å². The molecule has 0 heterocycles. The molecule has 0 aromatic heterocycles. The summed E-state index contributed by atoms with van der Waals surface area (Å²) in [5.41, 5.74) is 0. The lowest BCUT2D eigenvalue weighted by Crippen LogP contribution is -2.16. The predicted octanol–water partition coefficient (Wildman–Crippen LogP) is 3.66. The normalized spacial score (nSPS) is 16.6. The van der Waals surface area contributed by atoms with Gasteiger partial charge in [0.1, 0.15) is 6.10 Å². The zero-order valence-electron chi connectivity index (χ0n) is 9.67. The van der Waals surface area contributed by atoms with Crippen molar-refractivity contribution in [1.82, 2.24) is 0 Å². The molecule has 0 N–H and O–H groups in total. The first kappa shape index (κ1) is 12.3. The van der Waals surface area contributed by atoms with E-state index >= 15 is 0 Å². The third kappa shape index (κ3) is 5.65. The van der Waals surface area contributed by atoms with Crippen molar-refractivity contribution in [2.45, 2.75) is 64.4 Å². The van der Waals surface area contributed by atoms with E-state index in [1.807, 2.05) is 0 Å². The highest BCUT2D eigenvalue weighted by atomic mass is 16.7. The maximum absolute atomic E-state index is 11.2. The molecule has 3 nitrogen and oxygen atoms in total. The second-order valence-corrected chi connectivity index (χ2v) is 4.18. The van der Waals surface area contributed by atoms with Crippen molar-refractivity contribution in [3.8, 4) is 0 Å². The van der Waals surface area contributed by atoms with Gasteiger partial charge in [0, 0.05) is 0 Å². The van der Waals surface area contributed by atoms with Crippen LogP contribution < -0.4 is 0 Å². The van der Waals surface area contributed by atoms with Crippen LogP contribution >= 0.6 is 0 Å². The molecule has 0 amide bonds. The molecular weight excluding hydrogens is 192 g/mol. The smallest absolute Gasteiger partial charge is 0.434 e. The first-order chi connectivity index (χ1) is 7.33. The zero-order chi connectivity index (χ0) is 10.9. The number of ether oxygens (including phenoxy) is 2. The summed E-state index contributed by atoms with van der Waals surface area (Å²) in [5.74, 6) is 0. The van der Waals surface area contributed by atoms with Gasteiger partial charge in [-0.15, -0.1) is 0 Å². The first-order valence-corrected chi connectivity index (χ1v) is 6.16. The summed E-state index contributed by atoms with van der Waals surface area (Å²) >= 11 is 0. The number of unbranched alkanes of at least 4 members (excludes halogenated alkanes) is 3. The van der Waals surface area contributed by atoms with Crippen molar-refractivity contribution in [2.75, 3.05) is 6.61 Å². The fourth-order valence-electron chi connectivity index (χ4n) is 1.86. The van der Waals surface area contributed by atoms with Crippen LogP contribution in [0.15, 0.2) is 0 Å². The van der Waals surface area contributed by atoms with Crippen molar-refractivity contribution in [1.29, 1.82) is 0 Å². The molecule has 1 rings (SSSR count). The maximum atomic E-state index is 11.2. The Kier molecular flexibility index (Phi) is 6.21. The van der Waals surface area contributed by atoms with Gasteiger partial charge in [-0.3, -0.25) is 0 Å². The number of hydrogen-bond donors (Lipinski definition) is 0. The largest absolute Gasteiger partial charge is 0.508 e. The Labute approximate surface area is 92.1 Å². The first-order valence-electron chi connectivity index (χ1n) is 6.16. The van der Waals surface area contributed by atoms with Gasteiger partial charge < -0.3 is 9.47 Å². The van der Waals surface area contributed by atoms with E-state index in [1.165, 1.54) is 25.7 Å². The summed E-state index contributed by atoms with van der Waals surface area (Å²) in [4.78, 5) is 11.2. The third-order valence-electron chi connectivity index (χ3n) is 2.78. The molecule has 0 unspecified atom stereocenters. The topological polar surface area (TPSA) is 35.5 Å². The molecule has 0 bridgehead atoms. The molecular formula is C12H22O3. The Balaban J connectivity index is 1.93. The van der Waals surface area contributed by atoms with Crippen LogP contribution in [0.2, 0.25) is 0 Å². The monoisotopic (exact) mass is 214 g/mol. The average Bonchev–Trinajstić information content (AvgIpc) is 2.70. The molecule has 0 spiro atoms. The minimum absolute atomic E-state index is 0.119. The molecule has 0 atom stereocenters. The second kappa shape index (κ2) is 7.55. The Morgan fingerprint density at radius 3 is 2.60 bits per heavy atom. The fraction of sp³-hybridized carbons (Fsp3) is 0.917. The molecule has 1 saturated carbocycles. The van der Waals surface area contributed by atoms with E-state index in [-0.39, 0.29) is 6.10 Å². The molecule has 1 aliphatic carbocycles. The van der Waals surface area contributed by atoms with Crippen LogP contribution in [-0.2, 0) is 9.47 Å². The average molecular weight is 214 g/mol. The summed E-state index contributed by atoms with van der Waals surface area (Å²) in [7, 11) is 0. The highest BCUT2D eigenvalue weighted by molar-refractivity contribution is 5.60. The van der Waals surface area contributed by atoms with Gasteiger partial charge in [0.2, 0.25) is 0 Å². The number of rotatable bonds is 6. The van der Waals surface area contributed by atoms with Crippen LogP contribution in [-0.4, -0.2) is 18.9 Å². The van der Waals surface area contributed by atoms with Gasteiger partial charge in [-0.25, -0.2) is 4.79 Å². The van der Waals surface area contributed by atoms with Crippen molar-refractivity contribution < 1.29 is 14.3 Å². The molecule has 0 aromatic carbocycles. The molecule has 88 valence electrons. The van der Waals surface area contributed by atoms with Crippen molar-refractivity contribution in [3.63, 3.8) is 0 Å². The SMILES string of the molecule is CCCCCCOC(=O)OC1CCCC1. The van der Waals surface area contributed by atoms with E-state index in [0.29, 0.717) is 6.61 Å². The van der Waals surface area contributed by atoms with E-state index in [4.69, 9.17) is 9.47 Å². The number of hydrogen-bond acceptors (Lipinski definition) is 3. The van der Waals surface area contributed by atoms with Gasteiger partial charge in [0.25, 0.3) is 0 Å². The van der Waals surface area contributed by atoms with Crippen LogP contribution in [0.4, 0.5) is 4.79 Å². The molecule has 1 aliphatic rings. The predicted molar refractivity (Wildman–Crippen MR) is 58.8 cm³/mol. The van der Waals surface area contributed by atoms with E-state index in [1.54, 1.807) is 0 Å².